The number of alkyl halides is 2. The van der Waals surface area contributed by atoms with Crippen molar-refractivity contribution in [3.63, 3.8) is 0 Å². The third-order valence-electron chi connectivity index (χ3n) is 9.37. The van der Waals surface area contributed by atoms with Crippen LogP contribution in [0.25, 0.3) is 0 Å². The summed E-state index contributed by atoms with van der Waals surface area (Å²) in [5.74, 6) is -3.21. The van der Waals surface area contributed by atoms with Gasteiger partial charge in [-0.3, -0.25) is 14.4 Å². The molecular weight excluding hydrogens is 446 g/mol. The Labute approximate surface area is 198 Å². The van der Waals surface area contributed by atoms with Gasteiger partial charge in [0.2, 0.25) is 5.78 Å². The van der Waals surface area contributed by atoms with Gasteiger partial charge in [0.05, 0.1) is 6.10 Å². The lowest BCUT2D eigenvalue weighted by Crippen LogP contribution is -2.70. The molecule has 4 aliphatic rings. The van der Waals surface area contributed by atoms with Gasteiger partial charge < -0.3 is 14.9 Å². The SMILES string of the molecule is CCCCC(=O)O[C@]1(C(=O)CO)CCC2C3C[C@H](F)C4=CC(=O)C=CC4(C)[C@@]3(F)C(O)CC21C. The van der Waals surface area contributed by atoms with E-state index in [1.54, 1.807) is 6.92 Å². The number of ether oxygens (including phenoxy) is 1. The van der Waals surface area contributed by atoms with Gasteiger partial charge in [-0.05, 0) is 62.7 Å². The number of hydrogen-bond acceptors (Lipinski definition) is 6. The van der Waals surface area contributed by atoms with Gasteiger partial charge in [-0.1, -0.05) is 26.3 Å². The number of Topliss-reactive ketones (excluding diaryl/α,β-unsaturated/α-hetero) is 1. The van der Waals surface area contributed by atoms with Crippen molar-refractivity contribution in [2.45, 2.75) is 89.3 Å². The number of halogens is 2. The van der Waals surface area contributed by atoms with E-state index in [-0.39, 0.29) is 37.7 Å². The van der Waals surface area contributed by atoms with Crippen molar-refractivity contribution in [3.8, 4) is 0 Å². The normalized spacial score (nSPS) is 45.1. The molecule has 0 saturated heterocycles. The Morgan fingerprint density at radius 2 is 1.97 bits per heavy atom. The van der Waals surface area contributed by atoms with E-state index in [0.717, 1.165) is 12.5 Å². The highest BCUT2D eigenvalue weighted by Crippen LogP contribution is 2.70. The van der Waals surface area contributed by atoms with Gasteiger partial charge in [-0.2, -0.15) is 0 Å². The van der Waals surface area contributed by atoms with E-state index >= 15 is 8.78 Å². The molecule has 34 heavy (non-hydrogen) atoms. The summed E-state index contributed by atoms with van der Waals surface area (Å²) in [4.78, 5) is 37.7. The van der Waals surface area contributed by atoms with Gasteiger partial charge in [0, 0.05) is 23.2 Å². The molecule has 4 aliphatic carbocycles. The number of fused-ring (bicyclic) bond motifs is 5. The third kappa shape index (κ3) is 3.13. The minimum Gasteiger partial charge on any atom is -0.450 e. The first-order chi connectivity index (χ1) is 15.9. The molecule has 0 amide bonds. The summed E-state index contributed by atoms with van der Waals surface area (Å²) in [6.45, 7) is 4.26. The molecule has 0 aromatic heterocycles. The number of carbonyl (C=O) groups excluding carboxylic acids is 3. The van der Waals surface area contributed by atoms with Crippen LogP contribution >= 0.6 is 0 Å². The summed E-state index contributed by atoms with van der Waals surface area (Å²) in [6.07, 6.45) is 1.88. The molecule has 4 rings (SSSR count). The van der Waals surface area contributed by atoms with Crippen LogP contribution in [-0.2, 0) is 19.1 Å². The van der Waals surface area contributed by atoms with Crippen molar-refractivity contribution >= 4 is 17.5 Å². The van der Waals surface area contributed by atoms with Crippen LogP contribution in [0, 0.1) is 22.7 Å². The third-order valence-corrected chi connectivity index (χ3v) is 9.37. The Kier molecular flexibility index (Phi) is 6.17. The Bertz CT molecular complexity index is 961. The van der Waals surface area contributed by atoms with Crippen LogP contribution in [-0.4, -0.2) is 57.9 Å². The van der Waals surface area contributed by atoms with Crippen molar-refractivity contribution in [3.05, 3.63) is 23.8 Å². The first-order valence-electron chi connectivity index (χ1n) is 12.2. The zero-order chi connectivity index (χ0) is 25.1. The van der Waals surface area contributed by atoms with Gasteiger partial charge in [-0.15, -0.1) is 0 Å². The van der Waals surface area contributed by atoms with Gasteiger partial charge in [0.25, 0.3) is 0 Å². The number of aliphatic hydroxyl groups is 2. The van der Waals surface area contributed by atoms with Crippen LogP contribution in [0.15, 0.2) is 23.8 Å². The number of hydrogen-bond donors (Lipinski definition) is 2. The Morgan fingerprint density at radius 1 is 1.26 bits per heavy atom. The standard InChI is InChI=1S/C26H34F2O6/c1-4-5-6-22(33)34-25(21(32)14-29)10-8-16-17-12-19(27)18-11-15(30)7-9-23(18,2)26(17,28)20(31)13-24(16,25)3/h7,9,11,16-17,19-20,29,31H,4-6,8,10,12-14H2,1-3H3/t16?,17?,19-,20?,23?,24?,25-,26-/m0/s1. The maximum Gasteiger partial charge on any atom is 0.306 e. The first-order valence-corrected chi connectivity index (χ1v) is 12.2. The molecule has 0 spiro atoms. The summed E-state index contributed by atoms with van der Waals surface area (Å²) in [6, 6.07) is 0. The maximum absolute atomic E-state index is 17.1. The number of carbonyl (C=O) groups is 3. The summed E-state index contributed by atoms with van der Waals surface area (Å²) in [5, 5.41) is 21.1. The predicted molar refractivity (Wildman–Crippen MR) is 119 cm³/mol. The van der Waals surface area contributed by atoms with Crippen molar-refractivity contribution in [2.24, 2.45) is 22.7 Å². The lowest BCUT2D eigenvalue weighted by molar-refractivity contribution is -0.229. The van der Waals surface area contributed by atoms with Crippen LogP contribution in [0.1, 0.15) is 65.7 Å². The van der Waals surface area contributed by atoms with E-state index < -0.39 is 70.4 Å². The fourth-order valence-corrected chi connectivity index (χ4v) is 7.57. The minimum absolute atomic E-state index is 0.0306. The van der Waals surface area contributed by atoms with E-state index in [1.807, 2.05) is 6.92 Å². The number of esters is 1. The average Bonchev–Trinajstić information content (AvgIpc) is 3.07. The molecule has 3 fully saturated rings. The molecule has 8 atom stereocenters. The molecule has 0 bridgehead atoms. The van der Waals surface area contributed by atoms with E-state index in [9.17, 15) is 24.6 Å². The highest BCUT2D eigenvalue weighted by Gasteiger charge is 2.76. The zero-order valence-electron chi connectivity index (χ0n) is 20.0. The fourth-order valence-electron chi connectivity index (χ4n) is 7.57. The van der Waals surface area contributed by atoms with E-state index in [0.29, 0.717) is 6.42 Å². The molecule has 3 saturated carbocycles. The van der Waals surface area contributed by atoms with E-state index in [2.05, 4.69) is 0 Å². The molecule has 0 aromatic rings. The van der Waals surface area contributed by atoms with Crippen molar-refractivity contribution in [2.75, 3.05) is 6.61 Å². The molecular formula is C26H34F2O6. The molecule has 0 aliphatic heterocycles. The van der Waals surface area contributed by atoms with Crippen LogP contribution in [0.4, 0.5) is 8.78 Å². The molecule has 2 N–H and O–H groups in total. The summed E-state index contributed by atoms with van der Waals surface area (Å²) in [7, 11) is 0. The topological polar surface area (TPSA) is 101 Å². The fraction of sp³-hybridized carbons (Fsp3) is 0.731. The summed E-state index contributed by atoms with van der Waals surface area (Å²) < 4.78 is 38.4. The van der Waals surface area contributed by atoms with Gasteiger partial charge >= 0.3 is 5.97 Å². The molecule has 0 radical (unpaired) electrons. The van der Waals surface area contributed by atoms with E-state index in [1.165, 1.54) is 19.1 Å². The van der Waals surface area contributed by atoms with Crippen LogP contribution in [0.5, 0.6) is 0 Å². The first kappa shape index (κ1) is 25.2. The Morgan fingerprint density at radius 3 is 2.62 bits per heavy atom. The second-order valence-electron chi connectivity index (χ2n) is 10.9. The lowest BCUT2D eigenvalue weighted by Gasteiger charge is -2.63. The molecule has 8 heteroatoms. The lowest BCUT2D eigenvalue weighted by atomic mass is 9.44. The maximum atomic E-state index is 17.1. The number of ketones is 2. The predicted octanol–water partition coefficient (Wildman–Crippen LogP) is 3.34. The van der Waals surface area contributed by atoms with Gasteiger partial charge in [0.1, 0.15) is 12.8 Å². The highest BCUT2D eigenvalue weighted by molar-refractivity contribution is 6.01. The second-order valence-corrected chi connectivity index (χ2v) is 10.9. The van der Waals surface area contributed by atoms with Crippen molar-refractivity contribution in [1.29, 1.82) is 0 Å². The average molecular weight is 481 g/mol. The second kappa shape index (κ2) is 8.33. The minimum atomic E-state index is -2.27. The summed E-state index contributed by atoms with van der Waals surface area (Å²) >= 11 is 0. The van der Waals surface area contributed by atoms with Crippen LogP contribution < -0.4 is 0 Å². The van der Waals surface area contributed by atoms with Gasteiger partial charge in [0.15, 0.2) is 17.1 Å². The number of rotatable bonds is 6. The molecule has 0 aromatic carbocycles. The quantitative estimate of drug-likeness (QED) is 0.566. The molecule has 188 valence electrons. The number of unbranched alkanes of at least 4 members (excludes halogenated alkanes) is 1. The number of aliphatic hydroxyl groups excluding tert-OH is 2. The van der Waals surface area contributed by atoms with Crippen LogP contribution in [0.2, 0.25) is 0 Å². The molecule has 5 unspecified atom stereocenters. The number of allylic oxidation sites excluding steroid dienone is 4. The Hall–Kier alpha value is -1.93. The molecule has 6 nitrogen and oxygen atoms in total. The summed E-state index contributed by atoms with van der Waals surface area (Å²) in [5.41, 5.74) is -6.65. The molecule has 0 heterocycles. The smallest absolute Gasteiger partial charge is 0.306 e. The zero-order valence-corrected chi connectivity index (χ0v) is 20.0. The van der Waals surface area contributed by atoms with Crippen molar-refractivity contribution in [1.82, 2.24) is 0 Å². The highest BCUT2D eigenvalue weighted by atomic mass is 19.1. The van der Waals surface area contributed by atoms with Crippen molar-refractivity contribution < 1.29 is 38.1 Å². The van der Waals surface area contributed by atoms with E-state index in [4.69, 9.17) is 4.74 Å². The Balaban J connectivity index is 1.79. The monoisotopic (exact) mass is 480 g/mol. The largest absolute Gasteiger partial charge is 0.450 e. The van der Waals surface area contributed by atoms with Crippen LogP contribution in [0.3, 0.4) is 0 Å². The van der Waals surface area contributed by atoms with Gasteiger partial charge in [-0.25, -0.2) is 8.78 Å².